The summed E-state index contributed by atoms with van der Waals surface area (Å²) < 4.78 is 11.8. The van der Waals surface area contributed by atoms with Crippen LogP contribution in [0.3, 0.4) is 0 Å². The van der Waals surface area contributed by atoms with Crippen molar-refractivity contribution in [1.82, 2.24) is 0 Å². The predicted molar refractivity (Wildman–Crippen MR) is 53.5 cm³/mol. The van der Waals surface area contributed by atoms with Crippen molar-refractivity contribution in [3.63, 3.8) is 0 Å². The van der Waals surface area contributed by atoms with Crippen LogP contribution in [0.15, 0.2) is 0 Å². The van der Waals surface area contributed by atoms with Gasteiger partial charge in [0.1, 0.15) is 6.10 Å². The third-order valence-corrected chi connectivity index (χ3v) is 3.49. The van der Waals surface area contributed by atoms with Crippen molar-refractivity contribution in [1.29, 1.82) is 0 Å². The molecule has 0 N–H and O–H groups in total. The summed E-state index contributed by atoms with van der Waals surface area (Å²) in [6.07, 6.45) is 6.33. The second kappa shape index (κ2) is 3.52. The van der Waals surface area contributed by atoms with E-state index in [9.17, 15) is 0 Å². The molecule has 0 aromatic carbocycles. The van der Waals surface area contributed by atoms with Crippen LogP contribution in [0.4, 0.5) is 0 Å². The van der Waals surface area contributed by atoms with E-state index in [-0.39, 0.29) is 6.10 Å². The van der Waals surface area contributed by atoms with E-state index in [1.165, 1.54) is 18.2 Å². The number of thiocarbonyl (C=S) groups is 1. The standard InChI is InChI=1S/C8H12O2S2/c1-12-8(11)10-7-4-5-2-3-6(7)9-5/h5-7H,2-4H2,1H3/t5-,6+,7-/m0/s1. The number of thioether (sulfide) groups is 1. The summed E-state index contributed by atoms with van der Waals surface area (Å²) in [7, 11) is 0. The lowest BCUT2D eigenvalue weighted by Gasteiger charge is -2.19. The maximum absolute atomic E-state index is 5.64. The lowest BCUT2D eigenvalue weighted by atomic mass is 9.98. The Kier molecular flexibility index (Phi) is 2.57. The van der Waals surface area contributed by atoms with Crippen molar-refractivity contribution in [2.45, 2.75) is 37.6 Å². The Bertz CT molecular complexity index is 195. The van der Waals surface area contributed by atoms with E-state index in [0.717, 1.165) is 12.8 Å². The van der Waals surface area contributed by atoms with E-state index in [2.05, 4.69) is 0 Å². The zero-order valence-corrected chi connectivity index (χ0v) is 8.62. The van der Waals surface area contributed by atoms with Gasteiger partial charge in [-0.3, -0.25) is 0 Å². The molecule has 2 fully saturated rings. The average molecular weight is 204 g/mol. The Morgan fingerprint density at radius 1 is 1.58 bits per heavy atom. The van der Waals surface area contributed by atoms with Crippen molar-refractivity contribution in [3.8, 4) is 0 Å². The molecule has 0 saturated carbocycles. The molecule has 0 radical (unpaired) electrons. The number of rotatable bonds is 1. The summed E-state index contributed by atoms with van der Waals surface area (Å²) in [6.45, 7) is 0. The Morgan fingerprint density at radius 3 is 2.92 bits per heavy atom. The first-order valence-electron chi connectivity index (χ1n) is 4.19. The molecule has 12 heavy (non-hydrogen) atoms. The highest BCUT2D eigenvalue weighted by Gasteiger charge is 2.42. The first-order chi connectivity index (χ1) is 5.79. The molecule has 2 bridgehead atoms. The fourth-order valence-electron chi connectivity index (χ4n) is 1.89. The molecular formula is C8H12O2S2. The second-order valence-corrected chi connectivity index (χ2v) is 4.63. The minimum absolute atomic E-state index is 0.240. The van der Waals surface area contributed by atoms with Crippen molar-refractivity contribution >= 4 is 28.4 Å². The van der Waals surface area contributed by atoms with Crippen LogP contribution in [-0.4, -0.2) is 29.0 Å². The Labute approximate surface area is 82.0 Å². The van der Waals surface area contributed by atoms with Gasteiger partial charge in [0.05, 0.1) is 12.2 Å². The van der Waals surface area contributed by atoms with Crippen LogP contribution in [0.25, 0.3) is 0 Å². The van der Waals surface area contributed by atoms with E-state index in [1.54, 1.807) is 0 Å². The summed E-state index contributed by atoms with van der Waals surface area (Å²) in [6, 6.07) is 0. The van der Waals surface area contributed by atoms with Gasteiger partial charge in [-0.2, -0.15) is 0 Å². The third kappa shape index (κ3) is 1.60. The van der Waals surface area contributed by atoms with Crippen molar-refractivity contribution in [2.75, 3.05) is 6.26 Å². The number of fused-ring (bicyclic) bond motifs is 2. The van der Waals surface area contributed by atoms with Gasteiger partial charge in [-0.25, -0.2) is 0 Å². The van der Waals surface area contributed by atoms with E-state index in [0.29, 0.717) is 16.6 Å². The van der Waals surface area contributed by atoms with Gasteiger partial charge in [-0.1, -0.05) is 11.8 Å². The minimum atomic E-state index is 0.240. The summed E-state index contributed by atoms with van der Waals surface area (Å²) in [5, 5.41) is 0. The fourth-order valence-corrected chi connectivity index (χ4v) is 2.23. The van der Waals surface area contributed by atoms with Gasteiger partial charge in [0.15, 0.2) is 0 Å². The predicted octanol–water partition coefficient (Wildman–Crippen LogP) is 1.97. The Hall–Kier alpha value is 0.200. The largest absolute Gasteiger partial charge is 0.472 e. The van der Waals surface area contributed by atoms with Crippen LogP contribution in [0.5, 0.6) is 0 Å². The first kappa shape index (κ1) is 8.78. The molecule has 0 aromatic heterocycles. The van der Waals surface area contributed by atoms with Crippen LogP contribution < -0.4 is 0 Å². The molecule has 0 aromatic rings. The molecular weight excluding hydrogens is 192 g/mol. The quantitative estimate of drug-likeness (QED) is 0.608. The summed E-state index contributed by atoms with van der Waals surface area (Å²) in [5.41, 5.74) is 0. The van der Waals surface area contributed by atoms with Crippen LogP contribution in [0, 0.1) is 0 Å². The SMILES string of the molecule is CSC(=S)O[C@H]1C[C@@H]2CC[C@H]1O2. The molecule has 0 unspecified atom stereocenters. The maximum Gasteiger partial charge on any atom is 0.220 e. The molecule has 0 spiro atoms. The summed E-state index contributed by atoms with van der Waals surface area (Å²) in [5.74, 6) is 0. The maximum atomic E-state index is 5.64. The molecule has 2 saturated heterocycles. The summed E-state index contributed by atoms with van der Waals surface area (Å²) in [4.78, 5) is 0. The Morgan fingerprint density at radius 2 is 2.42 bits per heavy atom. The fraction of sp³-hybridized carbons (Fsp3) is 0.875. The topological polar surface area (TPSA) is 18.5 Å². The molecule has 2 aliphatic rings. The zero-order chi connectivity index (χ0) is 8.55. The highest BCUT2D eigenvalue weighted by atomic mass is 32.2. The number of ether oxygens (including phenoxy) is 2. The van der Waals surface area contributed by atoms with Gasteiger partial charge in [0.2, 0.25) is 4.38 Å². The molecule has 4 heteroatoms. The Balaban J connectivity index is 1.86. The lowest BCUT2D eigenvalue weighted by molar-refractivity contribution is 0.0625. The van der Waals surface area contributed by atoms with Gasteiger partial charge in [-0.15, -0.1) is 0 Å². The van der Waals surface area contributed by atoms with Gasteiger partial charge in [-0.05, 0) is 31.3 Å². The van der Waals surface area contributed by atoms with Crippen LogP contribution >= 0.6 is 24.0 Å². The van der Waals surface area contributed by atoms with Crippen molar-refractivity contribution in [3.05, 3.63) is 0 Å². The molecule has 3 atom stereocenters. The highest BCUT2D eigenvalue weighted by molar-refractivity contribution is 8.22. The molecule has 2 aliphatic heterocycles. The molecule has 2 heterocycles. The van der Waals surface area contributed by atoms with Gasteiger partial charge >= 0.3 is 0 Å². The van der Waals surface area contributed by atoms with Crippen molar-refractivity contribution in [2.24, 2.45) is 0 Å². The van der Waals surface area contributed by atoms with E-state index >= 15 is 0 Å². The van der Waals surface area contributed by atoms with E-state index < -0.39 is 0 Å². The highest BCUT2D eigenvalue weighted by Crippen LogP contribution is 2.36. The van der Waals surface area contributed by atoms with Gasteiger partial charge in [0.25, 0.3) is 0 Å². The normalized spacial score (nSPS) is 38.6. The van der Waals surface area contributed by atoms with Crippen molar-refractivity contribution < 1.29 is 9.47 Å². The van der Waals surface area contributed by atoms with Crippen LogP contribution in [0.2, 0.25) is 0 Å². The first-order valence-corrected chi connectivity index (χ1v) is 5.83. The molecule has 2 nitrogen and oxygen atoms in total. The molecule has 2 rings (SSSR count). The molecule has 0 aliphatic carbocycles. The lowest BCUT2D eigenvalue weighted by Crippen LogP contribution is -2.26. The van der Waals surface area contributed by atoms with E-state index in [1.807, 2.05) is 6.26 Å². The van der Waals surface area contributed by atoms with Gasteiger partial charge < -0.3 is 9.47 Å². The minimum Gasteiger partial charge on any atom is -0.472 e. The monoisotopic (exact) mass is 204 g/mol. The number of hydrogen-bond donors (Lipinski definition) is 0. The third-order valence-electron chi connectivity index (χ3n) is 2.46. The average Bonchev–Trinajstić information content (AvgIpc) is 2.64. The molecule has 68 valence electrons. The van der Waals surface area contributed by atoms with E-state index in [4.69, 9.17) is 21.7 Å². The second-order valence-electron chi connectivity index (χ2n) is 3.22. The smallest absolute Gasteiger partial charge is 0.220 e. The molecule has 0 amide bonds. The number of hydrogen-bond acceptors (Lipinski definition) is 4. The zero-order valence-electron chi connectivity index (χ0n) is 6.99. The van der Waals surface area contributed by atoms with Crippen LogP contribution in [0.1, 0.15) is 19.3 Å². The van der Waals surface area contributed by atoms with Crippen LogP contribution in [-0.2, 0) is 9.47 Å². The van der Waals surface area contributed by atoms with Gasteiger partial charge in [0, 0.05) is 6.42 Å². The summed E-state index contributed by atoms with van der Waals surface area (Å²) >= 11 is 6.49.